The summed E-state index contributed by atoms with van der Waals surface area (Å²) in [6.07, 6.45) is 1.90. The Morgan fingerprint density at radius 2 is 2.14 bits per heavy atom. The number of nitrogens with one attached hydrogen (secondary N) is 1. The van der Waals surface area contributed by atoms with Crippen molar-refractivity contribution in [2.45, 2.75) is 38.4 Å². The molecule has 0 amide bonds. The topological polar surface area (TPSA) is 28.2 Å². The van der Waals surface area contributed by atoms with E-state index in [0.29, 0.717) is 12.1 Å². The van der Waals surface area contributed by atoms with Crippen LogP contribution in [0.15, 0.2) is 41.9 Å². The second kappa shape index (κ2) is 5.87. The molecule has 2 aromatic rings. The summed E-state index contributed by atoms with van der Waals surface area (Å²) in [4.78, 5) is 7.07. The zero-order valence-electron chi connectivity index (χ0n) is 12.9. The van der Waals surface area contributed by atoms with Crippen LogP contribution in [0.3, 0.4) is 0 Å². The van der Waals surface area contributed by atoms with Crippen molar-refractivity contribution in [3.8, 4) is 0 Å². The first kappa shape index (κ1) is 14.7. The average Bonchev–Trinajstić information content (AvgIpc) is 3.04. The van der Waals surface area contributed by atoms with Gasteiger partial charge in [-0.15, -0.1) is 11.3 Å². The van der Waals surface area contributed by atoms with Crippen molar-refractivity contribution in [1.29, 1.82) is 0 Å². The highest BCUT2D eigenvalue weighted by atomic mass is 32.1. The molecule has 0 aliphatic carbocycles. The highest BCUT2D eigenvalue weighted by Crippen LogP contribution is 2.32. The minimum absolute atomic E-state index is 0.000705. The van der Waals surface area contributed by atoms with Crippen molar-refractivity contribution in [3.63, 3.8) is 0 Å². The Morgan fingerprint density at radius 1 is 1.38 bits per heavy atom. The van der Waals surface area contributed by atoms with Gasteiger partial charge in [0, 0.05) is 30.7 Å². The van der Waals surface area contributed by atoms with Gasteiger partial charge >= 0.3 is 0 Å². The number of rotatable bonds is 3. The van der Waals surface area contributed by atoms with Crippen LogP contribution in [0.1, 0.15) is 37.4 Å². The Hall–Kier alpha value is -1.23. The predicted octanol–water partition coefficient (Wildman–Crippen LogP) is 3.41. The summed E-state index contributed by atoms with van der Waals surface area (Å²) in [7, 11) is 0. The normalized spacial score (nSPS) is 28.4. The summed E-state index contributed by atoms with van der Waals surface area (Å²) in [5.74, 6) is 0. The van der Waals surface area contributed by atoms with Crippen LogP contribution in [0.5, 0.6) is 0 Å². The van der Waals surface area contributed by atoms with E-state index in [2.05, 4.69) is 71.7 Å². The van der Waals surface area contributed by atoms with Gasteiger partial charge in [0.2, 0.25) is 0 Å². The minimum Gasteiger partial charge on any atom is -0.305 e. The smallest absolute Gasteiger partial charge is 0.109 e. The fourth-order valence-electron chi connectivity index (χ4n) is 3.17. The van der Waals surface area contributed by atoms with Crippen LogP contribution >= 0.6 is 11.3 Å². The van der Waals surface area contributed by atoms with E-state index in [1.807, 2.05) is 6.20 Å². The van der Waals surface area contributed by atoms with Gasteiger partial charge in [-0.1, -0.05) is 30.3 Å². The van der Waals surface area contributed by atoms with Crippen molar-refractivity contribution >= 4 is 11.3 Å². The third-order valence-electron chi connectivity index (χ3n) is 4.57. The Morgan fingerprint density at radius 3 is 2.81 bits per heavy atom. The minimum atomic E-state index is -0.000705. The molecule has 2 heterocycles. The molecule has 1 aliphatic rings. The zero-order chi connectivity index (χ0) is 14.9. The van der Waals surface area contributed by atoms with E-state index >= 15 is 0 Å². The van der Waals surface area contributed by atoms with Crippen molar-refractivity contribution in [2.24, 2.45) is 0 Å². The molecule has 3 nitrogen and oxygen atoms in total. The number of aromatic nitrogens is 1. The lowest BCUT2D eigenvalue weighted by Crippen LogP contribution is -2.60. The van der Waals surface area contributed by atoms with Gasteiger partial charge in [-0.2, -0.15) is 0 Å². The molecule has 112 valence electrons. The molecule has 1 saturated heterocycles. The molecular formula is C17H23N3S. The summed E-state index contributed by atoms with van der Waals surface area (Å²) in [5, 5.41) is 7.01. The van der Waals surface area contributed by atoms with Crippen LogP contribution in [0.4, 0.5) is 0 Å². The standard InChI is InChI=1S/C17H23N3S/c1-13-11-19-17(3,15-7-5-4-6-8-15)12-20(13)14(2)16-18-9-10-21-16/h4-10,13-14,19H,11-12H2,1-3H3. The molecular weight excluding hydrogens is 278 g/mol. The highest BCUT2D eigenvalue weighted by molar-refractivity contribution is 7.09. The first-order valence-corrected chi connectivity index (χ1v) is 8.44. The van der Waals surface area contributed by atoms with Gasteiger partial charge < -0.3 is 5.32 Å². The number of thiazole rings is 1. The second-order valence-electron chi connectivity index (χ2n) is 6.15. The SMILES string of the molecule is CC1CNC(C)(c2ccccc2)CN1C(C)c1nccs1. The largest absolute Gasteiger partial charge is 0.305 e. The van der Waals surface area contributed by atoms with Crippen LogP contribution in [-0.2, 0) is 5.54 Å². The fraction of sp³-hybridized carbons (Fsp3) is 0.471. The molecule has 3 unspecified atom stereocenters. The van der Waals surface area contributed by atoms with Crippen LogP contribution in [0, 0.1) is 0 Å². The molecule has 0 saturated carbocycles. The van der Waals surface area contributed by atoms with Crippen molar-refractivity contribution in [3.05, 3.63) is 52.5 Å². The van der Waals surface area contributed by atoms with E-state index in [9.17, 15) is 0 Å². The lowest BCUT2D eigenvalue weighted by Gasteiger charge is -2.47. The number of piperazine rings is 1. The Kier molecular flexibility index (Phi) is 4.11. The van der Waals surface area contributed by atoms with E-state index in [4.69, 9.17) is 0 Å². The maximum absolute atomic E-state index is 4.50. The summed E-state index contributed by atoms with van der Waals surface area (Å²) in [6, 6.07) is 11.6. The zero-order valence-corrected chi connectivity index (χ0v) is 13.7. The average molecular weight is 301 g/mol. The van der Waals surface area contributed by atoms with Crippen LogP contribution < -0.4 is 5.32 Å². The molecule has 1 N–H and O–H groups in total. The molecule has 21 heavy (non-hydrogen) atoms. The van der Waals surface area contributed by atoms with Crippen LogP contribution in [0.25, 0.3) is 0 Å². The highest BCUT2D eigenvalue weighted by Gasteiger charge is 2.37. The maximum Gasteiger partial charge on any atom is 0.109 e. The van der Waals surface area contributed by atoms with E-state index in [-0.39, 0.29) is 5.54 Å². The van der Waals surface area contributed by atoms with Crippen molar-refractivity contribution in [1.82, 2.24) is 15.2 Å². The van der Waals surface area contributed by atoms with Crippen molar-refractivity contribution in [2.75, 3.05) is 13.1 Å². The Labute approximate surface area is 131 Å². The van der Waals surface area contributed by atoms with Gasteiger partial charge in [0.1, 0.15) is 5.01 Å². The molecule has 1 fully saturated rings. The first-order chi connectivity index (χ1) is 10.1. The predicted molar refractivity (Wildman–Crippen MR) is 88.5 cm³/mol. The number of benzene rings is 1. The molecule has 0 spiro atoms. The summed E-state index contributed by atoms with van der Waals surface area (Å²) in [5.41, 5.74) is 1.35. The first-order valence-electron chi connectivity index (χ1n) is 7.56. The van der Waals surface area contributed by atoms with E-state index in [1.54, 1.807) is 11.3 Å². The number of nitrogens with zero attached hydrogens (tertiary/aromatic N) is 2. The van der Waals surface area contributed by atoms with Gasteiger partial charge in [-0.3, -0.25) is 4.90 Å². The Balaban J connectivity index is 1.85. The van der Waals surface area contributed by atoms with Crippen molar-refractivity contribution < 1.29 is 0 Å². The molecule has 3 atom stereocenters. The molecule has 0 radical (unpaired) electrons. The van der Waals surface area contributed by atoms with Gasteiger partial charge in [0.25, 0.3) is 0 Å². The van der Waals surface area contributed by atoms with E-state index < -0.39 is 0 Å². The molecule has 0 bridgehead atoms. The lowest BCUT2D eigenvalue weighted by molar-refractivity contribution is 0.0601. The third-order valence-corrected chi connectivity index (χ3v) is 5.52. The van der Waals surface area contributed by atoms with Gasteiger partial charge in [-0.25, -0.2) is 4.98 Å². The van der Waals surface area contributed by atoms with Gasteiger partial charge in [0.15, 0.2) is 0 Å². The van der Waals surface area contributed by atoms with Crippen LogP contribution in [0.2, 0.25) is 0 Å². The fourth-order valence-corrected chi connectivity index (χ4v) is 3.88. The number of hydrogen-bond donors (Lipinski definition) is 1. The van der Waals surface area contributed by atoms with E-state index in [0.717, 1.165) is 13.1 Å². The van der Waals surface area contributed by atoms with Gasteiger partial charge in [0.05, 0.1) is 11.6 Å². The summed E-state index contributed by atoms with van der Waals surface area (Å²) >= 11 is 1.75. The monoisotopic (exact) mass is 301 g/mol. The van der Waals surface area contributed by atoms with Gasteiger partial charge in [-0.05, 0) is 26.3 Å². The molecule has 1 aromatic heterocycles. The van der Waals surface area contributed by atoms with E-state index in [1.165, 1.54) is 10.6 Å². The Bertz CT molecular complexity index is 569. The molecule has 3 rings (SSSR count). The lowest BCUT2D eigenvalue weighted by atomic mass is 9.87. The molecule has 4 heteroatoms. The molecule has 1 aliphatic heterocycles. The quantitative estimate of drug-likeness (QED) is 0.941. The summed E-state index contributed by atoms with van der Waals surface area (Å²) < 4.78 is 0. The maximum atomic E-state index is 4.50. The third kappa shape index (κ3) is 2.89. The summed E-state index contributed by atoms with van der Waals surface area (Å²) in [6.45, 7) is 8.86. The number of hydrogen-bond acceptors (Lipinski definition) is 4. The van der Waals surface area contributed by atoms with Crippen LogP contribution in [-0.4, -0.2) is 29.0 Å². The second-order valence-corrected chi connectivity index (χ2v) is 7.07. The molecule has 1 aromatic carbocycles.